The molecule has 0 aromatic heterocycles. The van der Waals surface area contributed by atoms with Crippen molar-refractivity contribution < 1.29 is 9.53 Å². The Morgan fingerprint density at radius 2 is 1.06 bits per heavy atom. The molecule has 4 aromatic carbocycles. The number of rotatable bonds is 11. The lowest BCUT2D eigenvalue weighted by Gasteiger charge is -2.39. The normalized spacial score (nSPS) is 12.7. The number of carbonyl (C=O) groups is 1. The molecule has 0 fully saturated rings. The van der Waals surface area contributed by atoms with Crippen LogP contribution in [-0.2, 0) is 34.8 Å². The third kappa shape index (κ3) is 6.43. The van der Waals surface area contributed by atoms with E-state index in [4.69, 9.17) is 4.74 Å². The van der Waals surface area contributed by atoms with Crippen LogP contribution in [0.3, 0.4) is 0 Å². The number of hydrogen-bond acceptors (Lipinski definition) is 5. The minimum absolute atomic E-state index is 0.202. The molecule has 0 spiro atoms. The van der Waals surface area contributed by atoms with Gasteiger partial charge in [0.25, 0.3) is 0 Å². The number of nitrogens with one attached hydrogen (secondary N) is 2. The van der Waals surface area contributed by atoms with Crippen LogP contribution in [-0.4, -0.2) is 11.1 Å². The Morgan fingerprint density at radius 1 is 0.657 bits per heavy atom. The lowest BCUT2D eigenvalue weighted by molar-refractivity contribution is -0.167. The van der Waals surface area contributed by atoms with Gasteiger partial charge >= 0.3 is 5.97 Å². The fraction of sp³-hybridized carbons (Fsp3) is 0.167. The summed E-state index contributed by atoms with van der Waals surface area (Å²) in [5, 5.41) is 1.79. The summed E-state index contributed by atoms with van der Waals surface area (Å²) in [7, 11) is 0. The summed E-state index contributed by atoms with van der Waals surface area (Å²) in [6, 6.07) is 39.6. The topological polar surface area (TPSA) is 53.6 Å². The Morgan fingerprint density at radius 3 is 1.51 bits per heavy atom. The highest BCUT2D eigenvalue weighted by Crippen LogP contribution is 2.28. The molecule has 0 amide bonds. The summed E-state index contributed by atoms with van der Waals surface area (Å²) >= 11 is 0. The quantitative estimate of drug-likeness (QED) is 0.231. The van der Waals surface area contributed by atoms with Gasteiger partial charge in [0.2, 0.25) is 0 Å². The Balaban J connectivity index is 1.62. The number of esters is 1. The molecule has 5 heteroatoms. The number of nitrogens with zero attached hydrogens (tertiary/aromatic N) is 1. The predicted molar refractivity (Wildman–Crippen MR) is 138 cm³/mol. The third-order valence-electron chi connectivity index (χ3n) is 5.96. The minimum Gasteiger partial charge on any atom is -0.459 e. The first kappa shape index (κ1) is 24.4. The van der Waals surface area contributed by atoms with Crippen molar-refractivity contribution >= 4 is 5.97 Å². The van der Waals surface area contributed by atoms with Crippen molar-refractivity contribution in [1.29, 1.82) is 0 Å². The highest BCUT2D eigenvalue weighted by atomic mass is 16.5. The molecule has 0 bridgehead atoms. The first-order valence-electron chi connectivity index (χ1n) is 11.8. The fourth-order valence-electron chi connectivity index (χ4n) is 3.87. The molecule has 0 aliphatic carbocycles. The summed E-state index contributed by atoms with van der Waals surface area (Å²) < 4.78 is 5.87. The average Bonchev–Trinajstić information content (AvgIpc) is 2.93. The SMILES string of the molecule is C[C@@](C(=O)OCc1ccccc1)(c1ccccc1)N(NCc1ccccc1)NCc1ccccc1. The lowest BCUT2D eigenvalue weighted by Crippen LogP contribution is -2.62. The van der Waals surface area contributed by atoms with Crippen LogP contribution in [0, 0.1) is 0 Å². The third-order valence-corrected chi connectivity index (χ3v) is 5.96. The molecular formula is C30H31N3O2. The number of benzene rings is 4. The molecule has 0 aliphatic heterocycles. The van der Waals surface area contributed by atoms with E-state index < -0.39 is 5.54 Å². The number of hydrazine groups is 2. The predicted octanol–water partition coefficient (Wildman–Crippen LogP) is 5.36. The number of hydrogen-bond donors (Lipinski definition) is 2. The van der Waals surface area contributed by atoms with E-state index in [9.17, 15) is 4.79 Å². The zero-order chi connectivity index (χ0) is 24.3. The van der Waals surface area contributed by atoms with Gasteiger partial charge in [-0.05, 0) is 29.2 Å². The molecule has 4 rings (SSSR count). The Labute approximate surface area is 207 Å². The number of carbonyl (C=O) groups excluding carboxylic acids is 1. The Bertz CT molecular complexity index is 1130. The summed E-state index contributed by atoms with van der Waals surface area (Å²) in [5.41, 5.74) is 9.72. The monoisotopic (exact) mass is 465 g/mol. The molecule has 0 heterocycles. The molecule has 0 saturated heterocycles. The van der Waals surface area contributed by atoms with E-state index in [2.05, 4.69) is 35.1 Å². The van der Waals surface area contributed by atoms with Crippen LogP contribution < -0.4 is 10.9 Å². The first-order chi connectivity index (χ1) is 17.2. The second kappa shape index (κ2) is 12.1. The molecule has 0 saturated carbocycles. The smallest absolute Gasteiger partial charge is 0.334 e. The zero-order valence-corrected chi connectivity index (χ0v) is 19.9. The Kier molecular flexibility index (Phi) is 8.41. The molecule has 0 unspecified atom stereocenters. The van der Waals surface area contributed by atoms with E-state index in [1.165, 1.54) is 0 Å². The van der Waals surface area contributed by atoms with Crippen LogP contribution in [0.1, 0.15) is 29.2 Å². The lowest BCUT2D eigenvalue weighted by atomic mass is 9.92. The molecule has 1 atom stereocenters. The first-order valence-corrected chi connectivity index (χ1v) is 11.8. The second-order valence-electron chi connectivity index (χ2n) is 8.48. The van der Waals surface area contributed by atoms with Crippen LogP contribution >= 0.6 is 0 Å². The van der Waals surface area contributed by atoms with E-state index in [1.807, 2.05) is 104 Å². The maximum absolute atomic E-state index is 13.8. The summed E-state index contributed by atoms with van der Waals surface area (Å²) in [6.07, 6.45) is 0. The summed E-state index contributed by atoms with van der Waals surface area (Å²) in [4.78, 5) is 13.8. The second-order valence-corrected chi connectivity index (χ2v) is 8.48. The highest BCUT2D eigenvalue weighted by Gasteiger charge is 2.43. The summed E-state index contributed by atoms with van der Waals surface area (Å²) in [5.74, 6) is -0.353. The molecular weight excluding hydrogens is 434 g/mol. The van der Waals surface area contributed by atoms with E-state index in [0.29, 0.717) is 13.1 Å². The van der Waals surface area contributed by atoms with Crippen LogP contribution in [0.2, 0.25) is 0 Å². The van der Waals surface area contributed by atoms with Crippen molar-refractivity contribution in [1.82, 2.24) is 16.0 Å². The van der Waals surface area contributed by atoms with Crippen LogP contribution in [0.4, 0.5) is 0 Å². The van der Waals surface area contributed by atoms with E-state index in [1.54, 1.807) is 5.12 Å². The molecule has 178 valence electrons. The van der Waals surface area contributed by atoms with Crippen molar-refractivity contribution in [2.75, 3.05) is 0 Å². The van der Waals surface area contributed by atoms with Gasteiger partial charge in [-0.15, -0.1) is 0 Å². The van der Waals surface area contributed by atoms with Crippen molar-refractivity contribution in [3.63, 3.8) is 0 Å². The van der Waals surface area contributed by atoms with Gasteiger partial charge in [-0.1, -0.05) is 121 Å². The van der Waals surface area contributed by atoms with Crippen molar-refractivity contribution in [2.45, 2.75) is 32.2 Å². The van der Waals surface area contributed by atoms with Gasteiger partial charge in [-0.25, -0.2) is 15.6 Å². The largest absolute Gasteiger partial charge is 0.459 e. The maximum Gasteiger partial charge on any atom is 0.334 e. The van der Waals surface area contributed by atoms with Crippen LogP contribution in [0.15, 0.2) is 121 Å². The van der Waals surface area contributed by atoms with Crippen LogP contribution in [0.25, 0.3) is 0 Å². The van der Waals surface area contributed by atoms with E-state index in [-0.39, 0.29) is 12.6 Å². The van der Waals surface area contributed by atoms with Gasteiger partial charge < -0.3 is 4.74 Å². The molecule has 0 aliphatic rings. The minimum atomic E-state index is -1.14. The molecule has 0 radical (unpaired) electrons. The summed E-state index contributed by atoms with van der Waals surface area (Å²) in [6.45, 7) is 3.16. The Hall–Kier alpha value is -3.77. The van der Waals surface area contributed by atoms with E-state index >= 15 is 0 Å². The average molecular weight is 466 g/mol. The fourth-order valence-corrected chi connectivity index (χ4v) is 3.87. The zero-order valence-electron chi connectivity index (χ0n) is 19.9. The van der Waals surface area contributed by atoms with Gasteiger partial charge in [-0.3, -0.25) is 0 Å². The highest BCUT2D eigenvalue weighted by molar-refractivity contribution is 5.82. The standard InChI is InChI=1S/C30H31N3O2/c1-30(28-20-12-5-13-21-28,29(34)35-24-27-18-10-4-11-19-27)33(31-22-25-14-6-2-7-15-25)32-23-26-16-8-3-9-17-26/h2-21,31-32H,22-24H2,1H3/t30-/m0/s1. The van der Waals surface area contributed by atoms with Gasteiger partial charge in [0.05, 0.1) is 0 Å². The molecule has 35 heavy (non-hydrogen) atoms. The van der Waals surface area contributed by atoms with Crippen molar-refractivity contribution in [2.24, 2.45) is 0 Å². The van der Waals surface area contributed by atoms with Gasteiger partial charge in [0, 0.05) is 13.1 Å². The van der Waals surface area contributed by atoms with Gasteiger partial charge in [0.1, 0.15) is 6.61 Å². The number of ether oxygens (including phenoxy) is 1. The van der Waals surface area contributed by atoms with Crippen LogP contribution in [0.5, 0.6) is 0 Å². The van der Waals surface area contributed by atoms with Gasteiger partial charge in [-0.2, -0.15) is 5.12 Å². The van der Waals surface area contributed by atoms with E-state index in [0.717, 1.165) is 22.3 Å². The van der Waals surface area contributed by atoms with Crippen molar-refractivity contribution in [3.8, 4) is 0 Å². The maximum atomic E-state index is 13.8. The molecule has 2 N–H and O–H groups in total. The molecule has 4 aromatic rings. The molecule has 5 nitrogen and oxygen atoms in total. The van der Waals surface area contributed by atoms with Gasteiger partial charge in [0.15, 0.2) is 5.54 Å². The van der Waals surface area contributed by atoms with Crippen molar-refractivity contribution in [3.05, 3.63) is 144 Å².